The Morgan fingerprint density at radius 3 is 2.86 bits per heavy atom. The first kappa shape index (κ1) is 15.2. The van der Waals surface area contributed by atoms with E-state index in [-0.39, 0.29) is 12.5 Å². The zero-order valence-corrected chi connectivity index (χ0v) is 12.9. The molecule has 0 aliphatic heterocycles. The Kier molecular flexibility index (Phi) is 4.42. The zero-order chi connectivity index (χ0) is 15.5. The molecule has 2 aromatic heterocycles. The number of thiophene rings is 1. The van der Waals surface area contributed by atoms with Crippen LogP contribution in [0.3, 0.4) is 0 Å². The highest BCUT2D eigenvalue weighted by Crippen LogP contribution is 2.28. The van der Waals surface area contributed by atoms with Crippen molar-refractivity contribution in [1.29, 1.82) is 0 Å². The van der Waals surface area contributed by atoms with Crippen molar-refractivity contribution in [2.45, 2.75) is 26.3 Å². The van der Waals surface area contributed by atoms with Crippen LogP contribution in [0.2, 0.25) is 0 Å². The van der Waals surface area contributed by atoms with Gasteiger partial charge in [-0.05, 0) is 26.8 Å². The number of amides is 2. The summed E-state index contributed by atoms with van der Waals surface area (Å²) >= 11 is 1.51. The third-order valence-corrected chi connectivity index (χ3v) is 3.42. The van der Waals surface area contributed by atoms with Crippen LogP contribution in [-0.4, -0.2) is 29.1 Å². The predicted octanol–water partition coefficient (Wildman–Crippen LogP) is 2.76. The van der Waals surface area contributed by atoms with Gasteiger partial charge in [0.15, 0.2) is 6.61 Å². The molecule has 2 N–H and O–H groups in total. The van der Waals surface area contributed by atoms with Gasteiger partial charge in [-0.2, -0.15) is 0 Å². The van der Waals surface area contributed by atoms with E-state index in [1.54, 1.807) is 12.4 Å². The monoisotopic (exact) mass is 307 g/mol. The molecule has 21 heavy (non-hydrogen) atoms. The van der Waals surface area contributed by atoms with Crippen LogP contribution in [0.1, 0.15) is 20.8 Å². The molecule has 0 bridgehead atoms. The first-order valence-electron chi connectivity index (χ1n) is 6.41. The number of fused-ring (bicyclic) bond motifs is 1. The molecule has 0 saturated heterocycles. The molecule has 0 aliphatic carbocycles. The molecule has 0 unspecified atom stereocenters. The maximum absolute atomic E-state index is 11.8. The SMILES string of the molecule is CC(C)(C)NC(=O)OCC(=O)Nc1csc2ccncc12. The van der Waals surface area contributed by atoms with Crippen LogP contribution in [0.5, 0.6) is 0 Å². The van der Waals surface area contributed by atoms with Crippen LogP contribution in [-0.2, 0) is 9.53 Å². The summed E-state index contributed by atoms with van der Waals surface area (Å²) in [6.07, 6.45) is 2.77. The van der Waals surface area contributed by atoms with E-state index in [9.17, 15) is 9.59 Å². The first-order valence-corrected chi connectivity index (χ1v) is 7.29. The highest BCUT2D eigenvalue weighted by Gasteiger charge is 2.16. The number of anilines is 1. The number of nitrogens with one attached hydrogen (secondary N) is 2. The molecule has 2 amide bonds. The second kappa shape index (κ2) is 6.09. The lowest BCUT2D eigenvalue weighted by molar-refractivity contribution is -0.119. The van der Waals surface area contributed by atoms with E-state index < -0.39 is 11.6 Å². The molecule has 0 aliphatic rings. The van der Waals surface area contributed by atoms with Crippen molar-refractivity contribution in [3.63, 3.8) is 0 Å². The molecule has 7 heteroatoms. The summed E-state index contributed by atoms with van der Waals surface area (Å²) < 4.78 is 5.90. The molecule has 6 nitrogen and oxygen atoms in total. The maximum Gasteiger partial charge on any atom is 0.408 e. The zero-order valence-electron chi connectivity index (χ0n) is 12.1. The van der Waals surface area contributed by atoms with Crippen LogP contribution >= 0.6 is 11.3 Å². The van der Waals surface area contributed by atoms with Gasteiger partial charge < -0.3 is 15.4 Å². The smallest absolute Gasteiger partial charge is 0.408 e. The molecule has 0 spiro atoms. The van der Waals surface area contributed by atoms with E-state index in [0.29, 0.717) is 5.69 Å². The van der Waals surface area contributed by atoms with E-state index in [0.717, 1.165) is 10.1 Å². The number of rotatable bonds is 3. The first-order chi connectivity index (χ1) is 9.85. The standard InChI is InChI=1S/C14H17N3O3S/c1-14(2,3)17-13(19)20-7-12(18)16-10-8-21-11-4-5-15-6-9(10)11/h4-6,8H,7H2,1-3H3,(H,16,18)(H,17,19). The van der Waals surface area contributed by atoms with E-state index in [1.165, 1.54) is 11.3 Å². The summed E-state index contributed by atoms with van der Waals surface area (Å²) in [6, 6.07) is 1.88. The Morgan fingerprint density at radius 1 is 1.38 bits per heavy atom. The van der Waals surface area contributed by atoms with Crippen molar-refractivity contribution in [3.8, 4) is 0 Å². The maximum atomic E-state index is 11.8. The molecule has 0 saturated carbocycles. The van der Waals surface area contributed by atoms with Gasteiger partial charge in [0.2, 0.25) is 0 Å². The lowest BCUT2D eigenvalue weighted by atomic mass is 10.1. The number of hydrogen-bond acceptors (Lipinski definition) is 5. The average molecular weight is 307 g/mol. The normalized spacial score (nSPS) is 11.2. The Labute approximate surface area is 126 Å². The lowest BCUT2D eigenvalue weighted by Crippen LogP contribution is -2.41. The summed E-state index contributed by atoms with van der Waals surface area (Å²) in [5.41, 5.74) is 0.274. The topological polar surface area (TPSA) is 80.3 Å². The molecule has 2 heterocycles. The van der Waals surface area contributed by atoms with Crippen molar-refractivity contribution in [2.75, 3.05) is 11.9 Å². The van der Waals surface area contributed by atoms with Crippen LogP contribution in [0.25, 0.3) is 10.1 Å². The fourth-order valence-electron chi connectivity index (χ4n) is 1.63. The summed E-state index contributed by atoms with van der Waals surface area (Å²) in [5.74, 6) is -0.386. The number of carbonyl (C=O) groups excluding carboxylic acids is 2. The van der Waals surface area contributed by atoms with Crippen molar-refractivity contribution in [1.82, 2.24) is 10.3 Å². The number of aromatic nitrogens is 1. The third kappa shape index (κ3) is 4.42. The van der Waals surface area contributed by atoms with Crippen molar-refractivity contribution in [3.05, 3.63) is 23.8 Å². The van der Waals surface area contributed by atoms with E-state index in [2.05, 4.69) is 15.6 Å². The number of ether oxygens (including phenoxy) is 1. The fraction of sp³-hybridized carbons (Fsp3) is 0.357. The van der Waals surface area contributed by atoms with Gasteiger partial charge in [-0.15, -0.1) is 11.3 Å². The number of alkyl carbamates (subject to hydrolysis) is 1. The van der Waals surface area contributed by atoms with Gasteiger partial charge >= 0.3 is 6.09 Å². The van der Waals surface area contributed by atoms with Gasteiger partial charge in [0, 0.05) is 33.4 Å². The molecule has 0 atom stereocenters. The second-order valence-corrected chi connectivity index (χ2v) is 6.43. The second-order valence-electron chi connectivity index (χ2n) is 5.52. The van der Waals surface area contributed by atoms with Crippen molar-refractivity contribution < 1.29 is 14.3 Å². The van der Waals surface area contributed by atoms with Crippen molar-refractivity contribution >= 4 is 39.1 Å². The Hall–Kier alpha value is -2.15. The molecule has 112 valence electrons. The fourth-order valence-corrected chi connectivity index (χ4v) is 2.49. The summed E-state index contributed by atoms with van der Waals surface area (Å²) in [4.78, 5) is 27.3. The highest BCUT2D eigenvalue weighted by atomic mass is 32.1. The Morgan fingerprint density at radius 2 is 2.14 bits per heavy atom. The number of hydrogen-bond donors (Lipinski definition) is 2. The quantitative estimate of drug-likeness (QED) is 0.913. The van der Waals surface area contributed by atoms with E-state index >= 15 is 0 Å². The molecular weight excluding hydrogens is 290 g/mol. The number of nitrogens with zero attached hydrogens (tertiary/aromatic N) is 1. The van der Waals surface area contributed by atoms with Crippen LogP contribution in [0.15, 0.2) is 23.8 Å². The predicted molar refractivity (Wildman–Crippen MR) is 82.5 cm³/mol. The minimum Gasteiger partial charge on any atom is -0.439 e. The van der Waals surface area contributed by atoms with Crippen LogP contribution in [0, 0.1) is 0 Å². The Bertz CT molecular complexity index is 661. The van der Waals surface area contributed by atoms with Gasteiger partial charge in [-0.25, -0.2) is 4.79 Å². The van der Waals surface area contributed by atoms with Crippen LogP contribution < -0.4 is 10.6 Å². The molecule has 0 aromatic carbocycles. The largest absolute Gasteiger partial charge is 0.439 e. The minimum atomic E-state index is -0.616. The van der Waals surface area contributed by atoms with Gasteiger partial charge in [0.1, 0.15) is 0 Å². The van der Waals surface area contributed by atoms with E-state index in [1.807, 2.05) is 32.2 Å². The van der Waals surface area contributed by atoms with Gasteiger partial charge in [0.25, 0.3) is 5.91 Å². The lowest BCUT2D eigenvalue weighted by Gasteiger charge is -2.19. The number of carbonyl (C=O) groups is 2. The molecule has 2 aromatic rings. The van der Waals surface area contributed by atoms with Gasteiger partial charge in [-0.1, -0.05) is 0 Å². The molecular formula is C14H17N3O3S. The molecule has 0 radical (unpaired) electrons. The molecule has 0 fully saturated rings. The summed E-state index contributed by atoms with van der Waals surface area (Å²) in [7, 11) is 0. The summed E-state index contributed by atoms with van der Waals surface area (Å²) in [6.45, 7) is 5.16. The Balaban J connectivity index is 1.89. The highest BCUT2D eigenvalue weighted by molar-refractivity contribution is 7.17. The van der Waals surface area contributed by atoms with Gasteiger partial charge in [0.05, 0.1) is 5.69 Å². The van der Waals surface area contributed by atoms with Crippen molar-refractivity contribution in [2.24, 2.45) is 0 Å². The third-order valence-electron chi connectivity index (χ3n) is 2.46. The molecule has 2 rings (SSSR count). The summed E-state index contributed by atoms with van der Waals surface area (Å²) in [5, 5.41) is 8.03. The number of pyridine rings is 1. The van der Waals surface area contributed by atoms with Crippen LogP contribution in [0.4, 0.5) is 10.5 Å². The minimum absolute atomic E-state index is 0.334. The van der Waals surface area contributed by atoms with Gasteiger partial charge in [-0.3, -0.25) is 9.78 Å². The van der Waals surface area contributed by atoms with E-state index in [4.69, 9.17) is 4.74 Å². The average Bonchev–Trinajstić information content (AvgIpc) is 2.78.